The first-order chi connectivity index (χ1) is 17.2. The van der Waals surface area contributed by atoms with Crippen LogP contribution in [0.2, 0.25) is 15.1 Å². The number of amides is 2. The number of halogens is 3. The van der Waals surface area contributed by atoms with Gasteiger partial charge in [-0.05, 0) is 50.0 Å². The molecule has 190 valence electrons. The van der Waals surface area contributed by atoms with Gasteiger partial charge in [0.2, 0.25) is 11.7 Å². The fraction of sp³-hybridized carbons (Fsp3) is 0.333. The highest BCUT2D eigenvalue weighted by molar-refractivity contribution is 6.36. The molecule has 2 aromatic heterocycles. The van der Waals surface area contributed by atoms with E-state index in [0.29, 0.717) is 57.1 Å². The molecule has 0 radical (unpaired) electrons. The maximum atomic E-state index is 13.0. The van der Waals surface area contributed by atoms with E-state index in [4.69, 9.17) is 48.8 Å². The van der Waals surface area contributed by atoms with Gasteiger partial charge in [0.05, 0.1) is 41.6 Å². The van der Waals surface area contributed by atoms with Gasteiger partial charge in [-0.15, -0.1) is 0 Å². The summed E-state index contributed by atoms with van der Waals surface area (Å²) >= 11 is 19.1. The number of pyridine rings is 1. The monoisotopic (exact) mass is 552 g/mol. The van der Waals surface area contributed by atoms with Crippen LogP contribution < -0.4 is 20.1 Å². The lowest BCUT2D eigenvalue weighted by Gasteiger charge is -2.21. The number of carbonyl (C=O) groups is 2. The Kier molecular flexibility index (Phi) is 7.63. The molecule has 1 atom stereocenters. The highest BCUT2D eigenvalue weighted by Gasteiger charge is 2.52. The van der Waals surface area contributed by atoms with Crippen LogP contribution in [0.15, 0.2) is 35.0 Å². The van der Waals surface area contributed by atoms with E-state index in [9.17, 15) is 9.59 Å². The highest BCUT2D eigenvalue weighted by Crippen LogP contribution is 2.40. The summed E-state index contributed by atoms with van der Waals surface area (Å²) in [6, 6.07) is 5.85. The van der Waals surface area contributed by atoms with Crippen molar-refractivity contribution in [3.05, 3.63) is 57.0 Å². The molecule has 0 saturated heterocycles. The zero-order valence-electron chi connectivity index (χ0n) is 19.7. The summed E-state index contributed by atoms with van der Waals surface area (Å²) < 4.78 is 15.6. The van der Waals surface area contributed by atoms with E-state index in [1.54, 1.807) is 31.3 Å². The van der Waals surface area contributed by atoms with Gasteiger partial charge in [0.1, 0.15) is 11.3 Å². The molecule has 1 aromatic carbocycles. The van der Waals surface area contributed by atoms with Crippen molar-refractivity contribution < 1.29 is 23.6 Å². The number of hydrogen-bond acceptors (Lipinski definition) is 7. The topological polar surface area (TPSA) is 116 Å². The Morgan fingerprint density at radius 1 is 1.17 bits per heavy atom. The molecule has 9 nitrogen and oxygen atoms in total. The van der Waals surface area contributed by atoms with E-state index >= 15 is 0 Å². The second kappa shape index (κ2) is 10.5. The van der Waals surface area contributed by atoms with Gasteiger partial charge in [-0.3, -0.25) is 14.6 Å². The first-order valence-electron chi connectivity index (χ1n) is 11.1. The second-order valence-corrected chi connectivity index (χ2v) is 9.50. The van der Waals surface area contributed by atoms with E-state index in [2.05, 4.69) is 20.8 Å². The summed E-state index contributed by atoms with van der Waals surface area (Å²) in [5, 5.41) is 10.4. The summed E-state index contributed by atoms with van der Waals surface area (Å²) in [7, 11) is 1.41. The third-order valence-electron chi connectivity index (χ3n) is 5.69. The molecule has 1 aliphatic carbocycles. The van der Waals surface area contributed by atoms with Crippen molar-refractivity contribution in [1.29, 1.82) is 0 Å². The Hall–Kier alpha value is -3.01. The number of ether oxygens (including phenoxy) is 2. The van der Waals surface area contributed by atoms with Gasteiger partial charge in [-0.2, -0.15) is 0 Å². The summed E-state index contributed by atoms with van der Waals surface area (Å²) in [5.41, 5.74) is 0.725. The van der Waals surface area contributed by atoms with Gasteiger partial charge in [0.25, 0.3) is 11.8 Å². The largest absolute Gasteiger partial charge is 0.492 e. The standard InChI is InChI=1S/C24H23Cl3N4O5/c1-4-35-21-15(8-14(25)9-17(21)27)13-7-16(26)20(28-11-13)12(2)29-23(33)24(5-6-24)30-22(32)18-10-19(34-3)31-36-18/h7-12H,4-6H2,1-3H3,(H,29,33)(H,30,32)/t12-/m1/s1. The smallest absolute Gasteiger partial charge is 0.290 e. The number of methoxy groups -OCH3 is 1. The number of aromatic nitrogens is 2. The number of carbonyl (C=O) groups excluding carboxylic acids is 2. The minimum absolute atomic E-state index is 0.0492. The SMILES string of the molecule is CCOc1c(Cl)cc(Cl)cc1-c1cnc([C@@H](C)NC(=O)C2(NC(=O)c3cc(OC)no3)CC2)c(Cl)c1. The fourth-order valence-electron chi connectivity index (χ4n) is 3.66. The maximum absolute atomic E-state index is 13.0. The van der Waals surface area contributed by atoms with Crippen molar-refractivity contribution in [1.82, 2.24) is 20.8 Å². The van der Waals surface area contributed by atoms with Gasteiger partial charge in [0, 0.05) is 22.3 Å². The zero-order chi connectivity index (χ0) is 26.0. The summed E-state index contributed by atoms with van der Waals surface area (Å²) in [4.78, 5) is 30.0. The Labute approximate surface area is 222 Å². The van der Waals surface area contributed by atoms with Crippen molar-refractivity contribution in [3.8, 4) is 22.8 Å². The van der Waals surface area contributed by atoms with Crippen LogP contribution in [0.5, 0.6) is 11.6 Å². The Balaban J connectivity index is 1.48. The molecule has 4 rings (SSSR count). The average Bonchev–Trinajstić information content (AvgIpc) is 3.45. The Bertz CT molecular complexity index is 1310. The van der Waals surface area contributed by atoms with Crippen LogP contribution in [0.3, 0.4) is 0 Å². The van der Waals surface area contributed by atoms with Crippen molar-refractivity contribution in [2.45, 2.75) is 38.3 Å². The zero-order valence-corrected chi connectivity index (χ0v) is 21.9. The van der Waals surface area contributed by atoms with Crippen LogP contribution in [0.1, 0.15) is 49.0 Å². The number of nitrogens with one attached hydrogen (secondary N) is 2. The molecule has 0 unspecified atom stereocenters. The van der Waals surface area contributed by atoms with Crippen LogP contribution in [-0.4, -0.2) is 41.2 Å². The number of hydrogen-bond donors (Lipinski definition) is 2. The van der Waals surface area contributed by atoms with Crippen molar-refractivity contribution >= 4 is 46.6 Å². The van der Waals surface area contributed by atoms with Gasteiger partial charge < -0.3 is 24.6 Å². The minimum Gasteiger partial charge on any atom is -0.492 e. The second-order valence-electron chi connectivity index (χ2n) is 8.25. The Morgan fingerprint density at radius 3 is 2.53 bits per heavy atom. The first kappa shape index (κ1) is 26.1. The van der Waals surface area contributed by atoms with Gasteiger partial charge >= 0.3 is 0 Å². The van der Waals surface area contributed by atoms with E-state index in [1.807, 2.05) is 6.92 Å². The number of nitrogens with zero attached hydrogens (tertiary/aromatic N) is 2. The van der Waals surface area contributed by atoms with Crippen LogP contribution in [0, 0.1) is 0 Å². The first-order valence-corrected chi connectivity index (χ1v) is 12.2. The van der Waals surface area contributed by atoms with E-state index in [-0.39, 0.29) is 17.5 Å². The quantitative estimate of drug-likeness (QED) is 0.372. The number of rotatable bonds is 9. The predicted octanol–water partition coefficient (Wildman–Crippen LogP) is 5.24. The van der Waals surface area contributed by atoms with Crippen molar-refractivity contribution in [3.63, 3.8) is 0 Å². The van der Waals surface area contributed by atoms with Crippen LogP contribution >= 0.6 is 34.8 Å². The fourth-order valence-corrected chi connectivity index (χ4v) is 4.54. The average molecular weight is 554 g/mol. The van der Waals surface area contributed by atoms with Crippen molar-refractivity contribution in [2.75, 3.05) is 13.7 Å². The molecule has 36 heavy (non-hydrogen) atoms. The molecule has 0 bridgehead atoms. The molecule has 2 N–H and O–H groups in total. The van der Waals surface area contributed by atoms with E-state index in [0.717, 1.165) is 0 Å². The van der Waals surface area contributed by atoms with E-state index in [1.165, 1.54) is 13.2 Å². The summed E-state index contributed by atoms with van der Waals surface area (Å²) in [6.07, 6.45) is 2.58. The van der Waals surface area contributed by atoms with Crippen LogP contribution in [0.25, 0.3) is 11.1 Å². The molecule has 2 heterocycles. The van der Waals surface area contributed by atoms with Crippen molar-refractivity contribution in [2.24, 2.45) is 0 Å². The molecular formula is C24H23Cl3N4O5. The van der Waals surface area contributed by atoms with Gasteiger partial charge in [0.15, 0.2) is 0 Å². The maximum Gasteiger partial charge on any atom is 0.290 e. The summed E-state index contributed by atoms with van der Waals surface area (Å²) in [5.74, 6) is -0.312. The summed E-state index contributed by atoms with van der Waals surface area (Å²) in [6.45, 7) is 4.02. The van der Waals surface area contributed by atoms with Gasteiger partial charge in [-0.25, -0.2) is 0 Å². The lowest BCUT2D eigenvalue weighted by molar-refractivity contribution is -0.124. The molecule has 1 fully saturated rings. The third-order valence-corrected chi connectivity index (χ3v) is 6.50. The molecular weight excluding hydrogens is 531 g/mol. The highest BCUT2D eigenvalue weighted by atomic mass is 35.5. The van der Waals surface area contributed by atoms with Crippen LogP contribution in [-0.2, 0) is 4.79 Å². The molecule has 3 aromatic rings. The minimum atomic E-state index is -1.04. The molecule has 1 aliphatic rings. The Morgan fingerprint density at radius 2 is 1.92 bits per heavy atom. The van der Waals surface area contributed by atoms with Gasteiger partial charge in [-0.1, -0.05) is 34.8 Å². The molecule has 12 heteroatoms. The molecule has 2 amide bonds. The lowest BCUT2D eigenvalue weighted by atomic mass is 10.0. The van der Waals surface area contributed by atoms with E-state index < -0.39 is 17.5 Å². The molecule has 0 spiro atoms. The normalized spacial score (nSPS) is 14.6. The molecule has 0 aliphatic heterocycles. The lowest BCUT2D eigenvalue weighted by Crippen LogP contribution is -2.49. The molecule has 1 saturated carbocycles. The number of benzene rings is 1. The predicted molar refractivity (Wildman–Crippen MR) is 135 cm³/mol. The van der Waals surface area contributed by atoms with Crippen LogP contribution in [0.4, 0.5) is 0 Å². The third kappa shape index (κ3) is 5.38.